The lowest BCUT2D eigenvalue weighted by molar-refractivity contribution is 0.102. The summed E-state index contributed by atoms with van der Waals surface area (Å²) >= 11 is 12.2. The highest BCUT2D eigenvalue weighted by Crippen LogP contribution is 2.31. The van der Waals surface area contributed by atoms with Crippen LogP contribution in [0.25, 0.3) is 0 Å². The zero-order valence-electron chi connectivity index (χ0n) is 14.1. The van der Waals surface area contributed by atoms with Crippen LogP contribution in [0.5, 0.6) is 0 Å². The van der Waals surface area contributed by atoms with Crippen LogP contribution in [0.3, 0.4) is 0 Å². The molecule has 0 unspecified atom stereocenters. The Kier molecular flexibility index (Phi) is 5.55. The number of aryl methyl sites for hydroxylation is 1. The number of hydrogen-bond acceptors (Lipinski definition) is 5. The van der Waals surface area contributed by atoms with Crippen LogP contribution in [0, 0.1) is 18.3 Å². The summed E-state index contributed by atoms with van der Waals surface area (Å²) in [5, 5.41) is 15.3. The van der Waals surface area contributed by atoms with Gasteiger partial charge in [0, 0.05) is 11.4 Å². The maximum Gasteiger partial charge on any atom is 0.274 e. The Morgan fingerprint density at radius 2 is 1.85 bits per heavy atom. The molecule has 0 saturated carbocycles. The van der Waals surface area contributed by atoms with Crippen LogP contribution in [0.1, 0.15) is 21.7 Å². The Bertz CT molecular complexity index is 1040. The lowest BCUT2D eigenvalue weighted by Crippen LogP contribution is -2.15. The molecule has 3 aromatic rings. The van der Waals surface area contributed by atoms with E-state index in [2.05, 4.69) is 20.6 Å². The Morgan fingerprint density at radius 1 is 1.11 bits per heavy atom. The lowest BCUT2D eigenvalue weighted by Gasteiger charge is -2.10. The number of hydrogen-bond donors (Lipinski definition) is 2. The first-order chi connectivity index (χ1) is 13.0. The molecule has 1 amide bonds. The minimum atomic E-state index is -0.398. The van der Waals surface area contributed by atoms with Gasteiger partial charge in [0.05, 0.1) is 27.4 Å². The van der Waals surface area contributed by atoms with E-state index in [1.54, 1.807) is 55.5 Å². The zero-order valence-corrected chi connectivity index (χ0v) is 15.6. The molecule has 0 atom stereocenters. The summed E-state index contributed by atoms with van der Waals surface area (Å²) in [4.78, 5) is 21.0. The molecule has 1 aromatic heterocycles. The van der Waals surface area contributed by atoms with Crippen molar-refractivity contribution in [3.05, 3.63) is 75.5 Å². The van der Waals surface area contributed by atoms with Crippen molar-refractivity contribution < 1.29 is 4.79 Å². The molecule has 3 rings (SSSR count). The van der Waals surface area contributed by atoms with Crippen molar-refractivity contribution in [2.45, 2.75) is 6.92 Å². The number of nitrogens with one attached hydrogen (secondary N) is 2. The number of anilines is 3. The summed E-state index contributed by atoms with van der Waals surface area (Å²) in [6.45, 7) is 1.75. The van der Waals surface area contributed by atoms with E-state index in [0.29, 0.717) is 32.7 Å². The molecule has 0 saturated heterocycles. The van der Waals surface area contributed by atoms with Crippen molar-refractivity contribution in [3.8, 4) is 6.07 Å². The van der Waals surface area contributed by atoms with Crippen LogP contribution in [0.2, 0.25) is 10.0 Å². The van der Waals surface area contributed by atoms with Gasteiger partial charge in [0.1, 0.15) is 5.69 Å². The Labute approximate surface area is 165 Å². The molecular formula is C19H13Cl2N5O. The largest absolute Gasteiger partial charge is 0.323 e. The molecule has 0 aliphatic heterocycles. The Balaban J connectivity index is 1.82. The summed E-state index contributed by atoms with van der Waals surface area (Å²) in [6.07, 6.45) is 0. The van der Waals surface area contributed by atoms with Crippen molar-refractivity contribution >= 4 is 46.4 Å². The van der Waals surface area contributed by atoms with Crippen LogP contribution >= 0.6 is 23.2 Å². The molecule has 0 aliphatic carbocycles. The average molecular weight is 398 g/mol. The highest BCUT2D eigenvalue weighted by Gasteiger charge is 2.13. The van der Waals surface area contributed by atoms with Crippen LogP contribution in [-0.4, -0.2) is 15.9 Å². The summed E-state index contributed by atoms with van der Waals surface area (Å²) in [5.74, 6) is -0.172. The number of nitrogens with zero attached hydrogens (tertiary/aromatic N) is 3. The third kappa shape index (κ3) is 4.53. The van der Waals surface area contributed by atoms with Gasteiger partial charge in [-0.25, -0.2) is 9.97 Å². The van der Waals surface area contributed by atoms with Crippen molar-refractivity contribution in [1.29, 1.82) is 5.26 Å². The van der Waals surface area contributed by atoms with Gasteiger partial charge >= 0.3 is 0 Å². The summed E-state index contributed by atoms with van der Waals surface area (Å²) < 4.78 is 0. The second-order valence-corrected chi connectivity index (χ2v) is 6.37. The standard InChI is InChI=1S/C19H13Cl2N5O/c1-11-9-16(18(27)24-13-7-5-12(10-22)6-8-13)26-19(23-11)25-15-4-2-3-14(20)17(15)21/h2-9H,1H3,(H,24,27)(H,23,25,26). The fourth-order valence-electron chi connectivity index (χ4n) is 2.28. The van der Waals surface area contributed by atoms with Gasteiger partial charge in [-0.05, 0) is 49.4 Å². The van der Waals surface area contributed by atoms with E-state index < -0.39 is 5.91 Å². The molecular weight excluding hydrogens is 385 g/mol. The monoisotopic (exact) mass is 397 g/mol. The third-order valence-electron chi connectivity index (χ3n) is 3.56. The van der Waals surface area contributed by atoms with E-state index in [9.17, 15) is 4.79 Å². The smallest absolute Gasteiger partial charge is 0.274 e. The number of amides is 1. The number of benzene rings is 2. The maximum atomic E-state index is 12.5. The molecule has 1 heterocycles. The topological polar surface area (TPSA) is 90.7 Å². The van der Waals surface area contributed by atoms with E-state index in [1.807, 2.05) is 6.07 Å². The number of nitriles is 1. The van der Waals surface area contributed by atoms with Crippen molar-refractivity contribution in [3.63, 3.8) is 0 Å². The summed E-state index contributed by atoms with van der Waals surface area (Å²) in [7, 11) is 0. The minimum absolute atomic E-state index is 0.188. The SMILES string of the molecule is Cc1cc(C(=O)Nc2ccc(C#N)cc2)nc(Nc2cccc(Cl)c2Cl)n1. The van der Waals surface area contributed by atoms with Gasteiger partial charge in [0.25, 0.3) is 5.91 Å². The van der Waals surface area contributed by atoms with Crippen LogP contribution < -0.4 is 10.6 Å². The molecule has 0 bridgehead atoms. The lowest BCUT2D eigenvalue weighted by atomic mass is 10.2. The van der Waals surface area contributed by atoms with Gasteiger partial charge in [-0.1, -0.05) is 29.3 Å². The number of rotatable bonds is 4. The molecule has 0 radical (unpaired) electrons. The van der Waals surface area contributed by atoms with E-state index in [0.717, 1.165) is 0 Å². The van der Waals surface area contributed by atoms with Crippen molar-refractivity contribution in [2.75, 3.05) is 10.6 Å². The Morgan fingerprint density at radius 3 is 2.56 bits per heavy atom. The molecule has 27 heavy (non-hydrogen) atoms. The van der Waals surface area contributed by atoms with Gasteiger partial charge in [0.2, 0.25) is 5.95 Å². The molecule has 0 spiro atoms. The van der Waals surface area contributed by atoms with E-state index in [1.165, 1.54) is 0 Å². The van der Waals surface area contributed by atoms with Crippen molar-refractivity contribution in [2.24, 2.45) is 0 Å². The van der Waals surface area contributed by atoms with E-state index in [-0.39, 0.29) is 11.6 Å². The van der Waals surface area contributed by atoms with E-state index in [4.69, 9.17) is 28.5 Å². The minimum Gasteiger partial charge on any atom is -0.323 e. The molecule has 0 aliphatic rings. The molecule has 6 nitrogen and oxygen atoms in total. The van der Waals surface area contributed by atoms with E-state index >= 15 is 0 Å². The zero-order chi connectivity index (χ0) is 19.4. The fourth-order valence-corrected chi connectivity index (χ4v) is 2.63. The third-order valence-corrected chi connectivity index (χ3v) is 4.38. The number of aromatic nitrogens is 2. The first-order valence-electron chi connectivity index (χ1n) is 7.84. The maximum absolute atomic E-state index is 12.5. The quantitative estimate of drug-likeness (QED) is 0.648. The molecule has 2 aromatic carbocycles. The molecule has 0 fully saturated rings. The first-order valence-corrected chi connectivity index (χ1v) is 8.60. The second-order valence-electron chi connectivity index (χ2n) is 5.59. The number of carbonyl (C=O) groups is 1. The van der Waals surface area contributed by atoms with Gasteiger partial charge < -0.3 is 10.6 Å². The number of halogens is 2. The Hall–Kier alpha value is -3.14. The highest BCUT2D eigenvalue weighted by atomic mass is 35.5. The molecule has 134 valence electrons. The fraction of sp³-hybridized carbons (Fsp3) is 0.0526. The number of carbonyl (C=O) groups excluding carboxylic acids is 1. The van der Waals surface area contributed by atoms with Crippen LogP contribution in [0.4, 0.5) is 17.3 Å². The normalized spacial score (nSPS) is 10.1. The predicted octanol–water partition coefficient (Wildman–Crippen LogP) is 4.96. The average Bonchev–Trinajstić information content (AvgIpc) is 2.65. The summed E-state index contributed by atoms with van der Waals surface area (Å²) in [6, 6.07) is 15.3. The molecule has 8 heteroatoms. The van der Waals surface area contributed by atoms with Gasteiger partial charge in [0.15, 0.2) is 0 Å². The van der Waals surface area contributed by atoms with Crippen LogP contribution in [0.15, 0.2) is 48.5 Å². The van der Waals surface area contributed by atoms with Crippen LogP contribution in [-0.2, 0) is 0 Å². The highest BCUT2D eigenvalue weighted by molar-refractivity contribution is 6.43. The van der Waals surface area contributed by atoms with Gasteiger partial charge in [-0.15, -0.1) is 0 Å². The van der Waals surface area contributed by atoms with Gasteiger partial charge in [-0.3, -0.25) is 4.79 Å². The first kappa shape index (κ1) is 18.6. The molecule has 2 N–H and O–H groups in total. The second kappa shape index (κ2) is 8.04. The van der Waals surface area contributed by atoms with Crippen molar-refractivity contribution in [1.82, 2.24) is 9.97 Å². The predicted molar refractivity (Wildman–Crippen MR) is 106 cm³/mol. The summed E-state index contributed by atoms with van der Waals surface area (Å²) in [5.41, 5.74) is 2.40. The van der Waals surface area contributed by atoms with Gasteiger partial charge in [-0.2, -0.15) is 5.26 Å².